The Hall–Kier alpha value is -1.08. The second kappa shape index (κ2) is 12.5. The van der Waals surface area contributed by atoms with Crippen molar-refractivity contribution in [2.24, 2.45) is 4.99 Å². The molecule has 0 amide bonds. The van der Waals surface area contributed by atoms with Crippen LogP contribution in [0.15, 0.2) is 41.9 Å². The summed E-state index contributed by atoms with van der Waals surface area (Å²) in [6.07, 6.45) is 1.82. The second-order valence-electron chi connectivity index (χ2n) is 4.83. The van der Waals surface area contributed by atoms with Gasteiger partial charge in [-0.05, 0) is 24.2 Å². The van der Waals surface area contributed by atoms with Crippen LogP contribution in [0.3, 0.4) is 0 Å². The Bertz CT molecular complexity index is 456. The van der Waals surface area contributed by atoms with E-state index in [4.69, 9.17) is 0 Å². The van der Waals surface area contributed by atoms with Crippen molar-refractivity contribution in [3.05, 3.63) is 48.0 Å². The van der Waals surface area contributed by atoms with Crippen molar-refractivity contribution in [2.45, 2.75) is 26.9 Å². The number of halogens is 1. The molecule has 0 radical (unpaired) electrons. The number of rotatable bonds is 8. The maximum atomic E-state index is 4.20. The van der Waals surface area contributed by atoms with Gasteiger partial charge in [0, 0.05) is 26.7 Å². The number of nitrogens with zero attached hydrogens (tertiary/aromatic N) is 2. The third-order valence-corrected chi connectivity index (χ3v) is 3.49. The fourth-order valence-electron chi connectivity index (χ4n) is 2.14. The summed E-state index contributed by atoms with van der Waals surface area (Å²) in [5.74, 6) is 0.799. The van der Waals surface area contributed by atoms with Crippen LogP contribution in [0.5, 0.6) is 0 Å². The summed E-state index contributed by atoms with van der Waals surface area (Å²) in [5, 5.41) is 6.53. The highest BCUT2D eigenvalue weighted by molar-refractivity contribution is 14.0. The third kappa shape index (κ3) is 7.26. The Kier molecular flexibility index (Phi) is 11.9. The lowest BCUT2D eigenvalue weighted by atomic mass is 10.1. The van der Waals surface area contributed by atoms with Gasteiger partial charge in [0.25, 0.3) is 0 Å². The summed E-state index contributed by atoms with van der Waals surface area (Å²) in [5.41, 5.74) is 2.68. The topological polar surface area (TPSA) is 39.7 Å². The molecular weight excluding hydrogens is 387 g/mol. The number of hydrogen-bond donors (Lipinski definition) is 2. The Morgan fingerprint density at radius 2 is 1.82 bits per heavy atom. The zero-order chi connectivity index (χ0) is 15.5. The zero-order valence-corrected chi connectivity index (χ0v) is 16.3. The lowest BCUT2D eigenvalue weighted by Gasteiger charge is -2.20. The summed E-state index contributed by atoms with van der Waals surface area (Å²) in [6.45, 7) is 12.7. The molecule has 0 spiro atoms. The van der Waals surface area contributed by atoms with E-state index in [1.165, 1.54) is 11.1 Å². The predicted octanol–water partition coefficient (Wildman–Crippen LogP) is 3.00. The van der Waals surface area contributed by atoms with Gasteiger partial charge in [0.2, 0.25) is 0 Å². The number of aliphatic imine (C=N–C) groups is 1. The highest BCUT2D eigenvalue weighted by Crippen LogP contribution is 2.11. The molecule has 0 aliphatic carbocycles. The van der Waals surface area contributed by atoms with E-state index in [9.17, 15) is 0 Å². The van der Waals surface area contributed by atoms with Crippen LogP contribution < -0.4 is 10.6 Å². The highest BCUT2D eigenvalue weighted by Gasteiger charge is 2.06. The van der Waals surface area contributed by atoms with Gasteiger partial charge in [-0.3, -0.25) is 9.89 Å². The smallest absolute Gasteiger partial charge is 0.191 e. The largest absolute Gasteiger partial charge is 0.353 e. The molecule has 0 fully saturated rings. The van der Waals surface area contributed by atoms with Crippen LogP contribution >= 0.6 is 24.0 Å². The van der Waals surface area contributed by atoms with Gasteiger partial charge in [0.05, 0.1) is 0 Å². The molecule has 1 aromatic rings. The first-order valence-electron chi connectivity index (χ1n) is 7.59. The van der Waals surface area contributed by atoms with E-state index in [2.05, 4.69) is 65.2 Å². The summed E-state index contributed by atoms with van der Waals surface area (Å²) >= 11 is 0. The third-order valence-electron chi connectivity index (χ3n) is 3.49. The van der Waals surface area contributed by atoms with E-state index < -0.39 is 0 Å². The van der Waals surface area contributed by atoms with Crippen LogP contribution in [0.25, 0.3) is 0 Å². The average Bonchev–Trinajstić information content (AvgIpc) is 2.53. The first-order chi connectivity index (χ1) is 10.2. The number of benzene rings is 1. The molecule has 2 N–H and O–H groups in total. The molecule has 22 heavy (non-hydrogen) atoms. The molecule has 4 nitrogen and oxygen atoms in total. The van der Waals surface area contributed by atoms with Crippen molar-refractivity contribution in [3.63, 3.8) is 0 Å². The van der Waals surface area contributed by atoms with Crippen molar-refractivity contribution < 1.29 is 0 Å². The van der Waals surface area contributed by atoms with E-state index in [0.29, 0.717) is 6.54 Å². The first kappa shape index (κ1) is 20.9. The van der Waals surface area contributed by atoms with Crippen LogP contribution in [0.2, 0.25) is 0 Å². The maximum Gasteiger partial charge on any atom is 0.191 e. The highest BCUT2D eigenvalue weighted by atomic mass is 127. The van der Waals surface area contributed by atoms with Gasteiger partial charge in [-0.1, -0.05) is 44.2 Å². The van der Waals surface area contributed by atoms with Gasteiger partial charge in [-0.15, -0.1) is 30.6 Å². The monoisotopic (exact) mass is 416 g/mol. The van der Waals surface area contributed by atoms with Crippen LogP contribution in [-0.4, -0.2) is 37.5 Å². The molecule has 0 aliphatic rings. The Balaban J connectivity index is 0.00000441. The second-order valence-corrected chi connectivity index (χ2v) is 4.83. The molecule has 1 aromatic carbocycles. The van der Waals surface area contributed by atoms with Gasteiger partial charge in [0.1, 0.15) is 0 Å². The Morgan fingerprint density at radius 1 is 1.18 bits per heavy atom. The fraction of sp³-hybridized carbons (Fsp3) is 0.471. The van der Waals surface area contributed by atoms with E-state index in [-0.39, 0.29) is 24.0 Å². The zero-order valence-electron chi connectivity index (χ0n) is 13.9. The molecule has 0 saturated carbocycles. The minimum absolute atomic E-state index is 0. The molecule has 0 bridgehead atoms. The van der Waals surface area contributed by atoms with E-state index >= 15 is 0 Å². The minimum Gasteiger partial charge on any atom is -0.353 e. The van der Waals surface area contributed by atoms with Crippen molar-refractivity contribution in [1.29, 1.82) is 0 Å². The molecule has 0 aliphatic heterocycles. The van der Waals surface area contributed by atoms with E-state index in [1.807, 2.05) is 6.08 Å². The number of nitrogens with one attached hydrogen (secondary N) is 2. The number of hydrogen-bond acceptors (Lipinski definition) is 2. The van der Waals surface area contributed by atoms with Gasteiger partial charge < -0.3 is 10.6 Å². The van der Waals surface area contributed by atoms with E-state index in [1.54, 1.807) is 7.05 Å². The quantitative estimate of drug-likeness (QED) is 0.296. The van der Waals surface area contributed by atoms with Crippen LogP contribution in [0.4, 0.5) is 0 Å². The molecule has 0 heterocycles. The van der Waals surface area contributed by atoms with Gasteiger partial charge in [-0.2, -0.15) is 0 Å². The Morgan fingerprint density at radius 3 is 2.36 bits per heavy atom. The lowest BCUT2D eigenvalue weighted by molar-refractivity contribution is 0.295. The molecule has 0 unspecified atom stereocenters. The van der Waals surface area contributed by atoms with Crippen molar-refractivity contribution in [2.75, 3.05) is 26.7 Å². The van der Waals surface area contributed by atoms with Crippen molar-refractivity contribution in [3.8, 4) is 0 Å². The average molecular weight is 416 g/mol. The molecule has 5 heteroatoms. The lowest BCUT2D eigenvalue weighted by Crippen LogP contribution is -2.37. The summed E-state index contributed by atoms with van der Waals surface area (Å²) < 4.78 is 0. The SMILES string of the molecule is C=CCNC(=NC)NCc1ccccc1CN(CC)CC.I. The molecule has 1 rings (SSSR count). The summed E-state index contributed by atoms with van der Waals surface area (Å²) in [4.78, 5) is 6.62. The fourth-order valence-corrected chi connectivity index (χ4v) is 2.14. The Labute approximate surface area is 152 Å². The molecule has 0 atom stereocenters. The maximum absolute atomic E-state index is 4.20. The van der Waals surface area contributed by atoms with Gasteiger partial charge in [-0.25, -0.2) is 0 Å². The molecular formula is C17H29IN4. The van der Waals surface area contributed by atoms with Crippen molar-refractivity contribution in [1.82, 2.24) is 15.5 Å². The summed E-state index contributed by atoms with van der Waals surface area (Å²) in [6, 6.07) is 8.57. The molecule has 124 valence electrons. The van der Waals surface area contributed by atoms with Crippen LogP contribution in [-0.2, 0) is 13.1 Å². The minimum atomic E-state index is 0. The van der Waals surface area contributed by atoms with E-state index in [0.717, 1.165) is 32.1 Å². The summed E-state index contributed by atoms with van der Waals surface area (Å²) in [7, 11) is 1.78. The standard InChI is InChI=1S/C17H28N4.HI/c1-5-12-19-17(18-4)20-13-15-10-8-9-11-16(15)14-21(6-2)7-3;/h5,8-11H,1,6-7,12-14H2,2-4H3,(H2,18,19,20);1H. The van der Waals surface area contributed by atoms with Gasteiger partial charge >= 0.3 is 0 Å². The van der Waals surface area contributed by atoms with Crippen LogP contribution in [0, 0.1) is 0 Å². The predicted molar refractivity (Wildman–Crippen MR) is 107 cm³/mol. The number of guanidine groups is 1. The van der Waals surface area contributed by atoms with Crippen LogP contribution in [0.1, 0.15) is 25.0 Å². The normalized spacial score (nSPS) is 11.0. The van der Waals surface area contributed by atoms with Crippen molar-refractivity contribution >= 4 is 29.9 Å². The first-order valence-corrected chi connectivity index (χ1v) is 7.59. The van der Waals surface area contributed by atoms with Gasteiger partial charge in [0.15, 0.2) is 5.96 Å². The molecule has 0 saturated heterocycles. The molecule has 0 aromatic heterocycles.